The van der Waals surface area contributed by atoms with Crippen LogP contribution < -0.4 is 0 Å². The van der Waals surface area contributed by atoms with E-state index in [1.54, 1.807) is 23.9 Å². The first kappa shape index (κ1) is 15.0. The highest BCUT2D eigenvalue weighted by atomic mass is 35.5. The first-order chi connectivity index (χ1) is 8.49. The third-order valence-electron chi connectivity index (χ3n) is 2.61. The van der Waals surface area contributed by atoms with Gasteiger partial charge in [-0.2, -0.15) is 0 Å². The Morgan fingerprint density at radius 3 is 2.89 bits per heavy atom. The third-order valence-corrected chi connectivity index (χ3v) is 2.82. The first-order valence-corrected chi connectivity index (χ1v) is 6.15. The second kappa shape index (κ2) is 6.78. The van der Waals surface area contributed by atoms with Crippen LogP contribution in [0.5, 0.6) is 0 Å². The molecule has 18 heavy (non-hydrogen) atoms. The van der Waals surface area contributed by atoms with Gasteiger partial charge in [0.1, 0.15) is 5.69 Å². The number of amides is 1. The Morgan fingerprint density at radius 2 is 2.33 bits per heavy atom. The van der Waals surface area contributed by atoms with E-state index < -0.39 is 6.10 Å². The third kappa shape index (κ3) is 3.73. The molecule has 0 saturated heterocycles. The Hall–Kier alpha value is -1.04. The van der Waals surface area contributed by atoms with E-state index >= 15 is 0 Å². The van der Waals surface area contributed by atoms with E-state index in [0.29, 0.717) is 17.3 Å². The molecule has 1 aromatic rings. The molecule has 0 radical (unpaired) electrons. The molecule has 1 atom stereocenters. The smallest absolute Gasteiger partial charge is 0.270 e. The molecule has 0 aliphatic heterocycles. The van der Waals surface area contributed by atoms with E-state index in [2.05, 4.69) is 0 Å². The number of nitrogens with zero attached hydrogens (tertiary/aromatic N) is 2. The number of aliphatic hydroxyl groups excluding tert-OH is 1. The van der Waals surface area contributed by atoms with Crippen molar-refractivity contribution in [3.05, 3.63) is 23.0 Å². The summed E-state index contributed by atoms with van der Waals surface area (Å²) in [5.41, 5.74) is 0.523. The fourth-order valence-corrected chi connectivity index (χ4v) is 1.98. The number of carbonyl (C=O) groups excluding carboxylic acids is 1. The molecule has 1 heterocycles. The standard InChI is InChI=1S/C12H19ClN2O3/c1-4-15-6-9(13)5-11(15)12(17)14(2)7-10(16)8-18-3/h5-6,10,16H,4,7-8H2,1-3H3. The van der Waals surface area contributed by atoms with E-state index in [9.17, 15) is 9.90 Å². The van der Waals surface area contributed by atoms with Gasteiger partial charge in [0.25, 0.3) is 5.91 Å². The Morgan fingerprint density at radius 1 is 1.67 bits per heavy atom. The van der Waals surface area contributed by atoms with Gasteiger partial charge in [-0.15, -0.1) is 0 Å². The van der Waals surface area contributed by atoms with Crippen LogP contribution in [0.15, 0.2) is 12.3 Å². The summed E-state index contributed by atoms with van der Waals surface area (Å²) in [7, 11) is 3.15. The number of carbonyl (C=O) groups is 1. The second-order valence-electron chi connectivity index (χ2n) is 4.12. The summed E-state index contributed by atoms with van der Waals surface area (Å²) in [4.78, 5) is 13.6. The van der Waals surface area contributed by atoms with Crippen LogP contribution in [-0.2, 0) is 11.3 Å². The van der Waals surface area contributed by atoms with Gasteiger partial charge in [0, 0.05) is 33.4 Å². The molecule has 0 spiro atoms. The van der Waals surface area contributed by atoms with Crippen LogP contribution in [0.25, 0.3) is 0 Å². The van der Waals surface area contributed by atoms with Crippen molar-refractivity contribution in [3.8, 4) is 0 Å². The lowest BCUT2D eigenvalue weighted by Crippen LogP contribution is -2.37. The molecule has 0 bridgehead atoms. The topological polar surface area (TPSA) is 54.7 Å². The molecule has 1 unspecified atom stereocenters. The zero-order chi connectivity index (χ0) is 13.7. The second-order valence-corrected chi connectivity index (χ2v) is 4.56. The van der Waals surface area contributed by atoms with E-state index in [1.165, 1.54) is 12.0 Å². The minimum Gasteiger partial charge on any atom is -0.389 e. The number of ether oxygens (including phenoxy) is 1. The van der Waals surface area contributed by atoms with E-state index in [4.69, 9.17) is 16.3 Å². The van der Waals surface area contributed by atoms with Crippen LogP contribution >= 0.6 is 11.6 Å². The van der Waals surface area contributed by atoms with E-state index in [-0.39, 0.29) is 19.1 Å². The minimum absolute atomic E-state index is 0.168. The Labute approximate surface area is 112 Å². The number of rotatable bonds is 6. The van der Waals surface area contributed by atoms with Gasteiger partial charge < -0.3 is 19.3 Å². The maximum atomic E-state index is 12.2. The van der Waals surface area contributed by atoms with Crippen molar-refractivity contribution >= 4 is 17.5 Å². The van der Waals surface area contributed by atoms with Crippen LogP contribution in [-0.4, -0.2) is 53.9 Å². The summed E-state index contributed by atoms with van der Waals surface area (Å²) in [5.74, 6) is -0.168. The monoisotopic (exact) mass is 274 g/mol. The van der Waals surface area contributed by atoms with Crippen molar-refractivity contribution in [2.24, 2.45) is 0 Å². The normalized spacial score (nSPS) is 12.5. The van der Waals surface area contributed by atoms with Crippen molar-refractivity contribution in [2.45, 2.75) is 19.6 Å². The minimum atomic E-state index is -0.690. The summed E-state index contributed by atoms with van der Waals surface area (Å²) < 4.78 is 6.61. The van der Waals surface area contributed by atoms with Crippen molar-refractivity contribution in [3.63, 3.8) is 0 Å². The number of aliphatic hydroxyl groups is 1. The lowest BCUT2D eigenvalue weighted by molar-refractivity contribution is 0.0376. The molecular formula is C12H19ClN2O3. The molecule has 5 nitrogen and oxygen atoms in total. The highest BCUT2D eigenvalue weighted by Crippen LogP contribution is 2.15. The average molecular weight is 275 g/mol. The van der Waals surface area contributed by atoms with Crippen molar-refractivity contribution in [1.29, 1.82) is 0 Å². The molecule has 0 aliphatic rings. The van der Waals surface area contributed by atoms with Crippen LogP contribution in [0, 0.1) is 0 Å². The van der Waals surface area contributed by atoms with Crippen LogP contribution in [0.4, 0.5) is 0 Å². The molecule has 0 saturated carbocycles. The number of methoxy groups -OCH3 is 1. The van der Waals surface area contributed by atoms with Gasteiger partial charge in [-0.3, -0.25) is 4.79 Å². The number of hydrogen-bond acceptors (Lipinski definition) is 3. The number of likely N-dealkylation sites (N-methyl/N-ethyl adjacent to an activating group) is 1. The molecule has 0 aromatic carbocycles. The lowest BCUT2D eigenvalue weighted by atomic mass is 10.3. The van der Waals surface area contributed by atoms with Gasteiger partial charge in [0.2, 0.25) is 0 Å². The Bertz CT molecular complexity index is 406. The zero-order valence-corrected chi connectivity index (χ0v) is 11.6. The molecule has 1 amide bonds. The molecule has 1 rings (SSSR count). The molecule has 0 fully saturated rings. The van der Waals surface area contributed by atoms with E-state index in [1.807, 2.05) is 6.92 Å². The van der Waals surface area contributed by atoms with E-state index in [0.717, 1.165) is 0 Å². The first-order valence-electron chi connectivity index (χ1n) is 5.77. The maximum Gasteiger partial charge on any atom is 0.270 e. The predicted octanol–water partition coefficient (Wildman–Crippen LogP) is 1.24. The lowest BCUT2D eigenvalue weighted by Gasteiger charge is -2.21. The summed E-state index contributed by atoms with van der Waals surface area (Å²) in [5, 5.41) is 10.1. The molecule has 1 aromatic heterocycles. The molecule has 6 heteroatoms. The number of halogens is 1. The summed E-state index contributed by atoms with van der Waals surface area (Å²) in [6, 6.07) is 1.63. The van der Waals surface area contributed by atoms with Gasteiger partial charge in [-0.25, -0.2) is 0 Å². The summed E-state index contributed by atoms with van der Waals surface area (Å²) in [6.07, 6.45) is 1.03. The van der Waals surface area contributed by atoms with Crippen molar-refractivity contribution in [1.82, 2.24) is 9.47 Å². The van der Waals surface area contributed by atoms with Gasteiger partial charge in [0.15, 0.2) is 0 Å². The molecule has 102 valence electrons. The largest absolute Gasteiger partial charge is 0.389 e. The van der Waals surface area contributed by atoms with Crippen LogP contribution in [0.2, 0.25) is 5.02 Å². The number of aromatic nitrogens is 1. The highest BCUT2D eigenvalue weighted by Gasteiger charge is 2.19. The SMILES string of the molecule is CCn1cc(Cl)cc1C(=O)N(C)CC(O)COC. The Kier molecular flexibility index (Phi) is 5.65. The quantitative estimate of drug-likeness (QED) is 0.849. The number of hydrogen-bond donors (Lipinski definition) is 1. The van der Waals surface area contributed by atoms with Gasteiger partial charge >= 0.3 is 0 Å². The summed E-state index contributed by atoms with van der Waals surface area (Å²) >= 11 is 5.89. The van der Waals surface area contributed by atoms with Crippen molar-refractivity contribution in [2.75, 3.05) is 27.3 Å². The fraction of sp³-hybridized carbons (Fsp3) is 0.583. The Balaban J connectivity index is 2.73. The molecular weight excluding hydrogens is 256 g/mol. The van der Waals surface area contributed by atoms with Crippen molar-refractivity contribution < 1.29 is 14.6 Å². The fourth-order valence-electron chi connectivity index (χ4n) is 1.76. The maximum absolute atomic E-state index is 12.2. The van der Waals surface area contributed by atoms with Crippen LogP contribution in [0.3, 0.4) is 0 Å². The average Bonchev–Trinajstić information content (AvgIpc) is 2.69. The number of aryl methyl sites for hydroxylation is 1. The molecule has 0 aliphatic carbocycles. The highest BCUT2D eigenvalue weighted by molar-refractivity contribution is 6.31. The van der Waals surface area contributed by atoms with Crippen LogP contribution in [0.1, 0.15) is 17.4 Å². The van der Waals surface area contributed by atoms with Gasteiger partial charge in [0.05, 0.1) is 17.7 Å². The van der Waals surface area contributed by atoms with Gasteiger partial charge in [-0.1, -0.05) is 11.6 Å². The summed E-state index contributed by atoms with van der Waals surface area (Å²) in [6.45, 7) is 3.03. The molecule has 1 N–H and O–H groups in total. The van der Waals surface area contributed by atoms with Gasteiger partial charge in [-0.05, 0) is 13.0 Å². The zero-order valence-electron chi connectivity index (χ0n) is 10.9. The predicted molar refractivity (Wildman–Crippen MR) is 70.0 cm³/mol.